The Kier molecular flexibility index (Phi) is 4.34. The summed E-state index contributed by atoms with van der Waals surface area (Å²) in [6.07, 6.45) is -2.04. The molecule has 0 aromatic heterocycles. The van der Waals surface area contributed by atoms with Gasteiger partial charge in [0.15, 0.2) is 0 Å². The maximum absolute atomic E-state index is 12.1. The van der Waals surface area contributed by atoms with Crippen LogP contribution >= 0.6 is 0 Å². The average Bonchev–Trinajstić information content (AvgIpc) is 2.35. The second kappa shape index (κ2) is 5.82. The minimum Gasteiger partial charge on any atom is -0.367 e. The number of hydrogen-bond acceptors (Lipinski definition) is 2. The third kappa shape index (κ3) is 3.86. The summed E-state index contributed by atoms with van der Waals surface area (Å²) in [4.78, 5) is 2.20. The summed E-state index contributed by atoms with van der Waals surface area (Å²) in [6.45, 7) is 2.16. The van der Waals surface area contributed by atoms with Gasteiger partial charge in [-0.2, -0.15) is 13.2 Å². The maximum atomic E-state index is 12.1. The third-order valence-electron chi connectivity index (χ3n) is 3.52. The second-order valence-electron chi connectivity index (χ2n) is 5.00. The van der Waals surface area contributed by atoms with E-state index in [0.717, 1.165) is 18.5 Å². The average molecular weight is 272 g/mol. The molecule has 0 fully saturated rings. The number of benzene rings is 1. The zero-order valence-electron chi connectivity index (χ0n) is 11.0. The minimum atomic E-state index is -4.13. The van der Waals surface area contributed by atoms with Gasteiger partial charge in [0.2, 0.25) is 0 Å². The molecule has 1 heterocycles. The molecule has 1 aromatic carbocycles. The molecule has 1 aliphatic rings. The van der Waals surface area contributed by atoms with Crippen molar-refractivity contribution >= 4 is 5.69 Å². The van der Waals surface area contributed by atoms with E-state index in [1.165, 1.54) is 5.56 Å². The molecule has 0 saturated carbocycles. The van der Waals surface area contributed by atoms with E-state index in [2.05, 4.69) is 29.3 Å². The van der Waals surface area contributed by atoms with Gasteiger partial charge in [0.25, 0.3) is 0 Å². The standard InChI is InChI=1S/C14H19F3N2/c1-11-6-7-12-4-2-3-5-13(12)19(11)9-8-18-10-14(15,16)17/h2-5,11,18H,6-10H2,1H3. The van der Waals surface area contributed by atoms with Gasteiger partial charge in [0, 0.05) is 24.8 Å². The quantitative estimate of drug-likeness (QED) is 0.848. The van der Waals surface area contributed by atoms with E-state index in [4.69, 9.17) is 0 Å². The van der Waals surface area contributed by atoms with Crippen molar-refractivity contribution in [3.8, 4) is 0 Å². The lowest BCUT2D eigenvalue weighted by atomic mass is 9.97. The number of aryl methyl sites for hydroxylation is 1. The van der Waals surface area contributed by atoms with Crippen molar-refractivity contribution in [3.05, 3.63) is 29.8 Å². The first kappa shape index (κ1) is 14.2. The Balaban J connectivity index is 1.92. The van der Waals surface area contributed by atoms with Crippen molar-refractivity contribution in [1.29, 1.82) is 0 Å². The van der Waals surface area contributed by atoms with Gasteiger partial charge in [0.1, 0.15) is 0 Å². The fourth-order valence-electron chi connectivity index (χ4n) is 2.53. The maximum Gasteiger partial charge on any atom is 0.401 e. The van der Waals surface area contributed by atoms with Gasteiger partial charge in [-0.05, 0) is 31.4 Å². The van der Waals surface area contributed by atoms with Crippen LogP contribution in [0.25, 0.3) is 0 Å². The Bertz CT molecular complexity index is 417. The van der Waals surface area contributed by atoms with Gasteiger partial charge in [0.05, 0.1) is 6.54 Å². The predicted octanol–water partition coefficient (Wildman–Crippen LogP) is 2.98. The number of rotatable bonds is 4. The van der Waals surface area contributed by atoms with Gasteiger partial charge in [-0.15, -0.1) is 0 Å². The molecular formula is C14H19F3N2. The van der Waals surface area contributed by atoms with E-state index in [1.807, 2.05) is 12.1 Å². The number of halogens is 3. The second-order valence-corrected chi connectivity index (χ2v) is 5.00. The first-order valence-electron chi connectivity index (χ1n) is 6.59. The van der Waals surface area contributed by atoms with Gasteiger partial charge in [-0.25, -0.2) is 0 Å². The molecule has 1 unspecified atom stereocenters. The molecule has 1 N–H and O–H groups in total. The van der Waals surface area contributed by atoms with Gasteiger partial charge in [-0.3, -0.25) is 0 Å². The van der Waals surface area contributed by atoms with Crippen molar-refractivity contribution < 1.29 is 13.2 Å². The van der Waals surface area contributed by atoms with E-state index in [0.29, 0.717) is 19.1 Å². The fraction of sp³-hybridized carbons (Fsp3) is 0.571. The van der Waals surface area contributed by atoms with E-state index in [1.54, 1.807) is 0 Å². The van der Waals surface area contributed by atoms with Crippen LogP contribution in [0.5, 0.6) is 0 Å². The largest absolute Gasteiger partial charge is 0.401 e. The van der Waals surface area contributed by atoms with Crippen LogP contribution in [0.3, 0.4) is 0 Å². The molecule has 19 heavy (non-hydrogen) atoms. The molecule has 0 spiro atoms. The normalized spacial score (nSPS) is 19.4. The number of nitrogens with one attached hydrogen (secondary N) is 1. The molecule has 1 aliphatic heterocycles. The lowest BCUT2D eigenvalue weighted by Gasteiger charge is -2.37. The molecule has 106 valence electrons. The number of nitrogens with zero attached hydrogens (tertiary/aromatic N) is 1. The van der Waals surface area contributed by atoms with E-state index >= 15 is 0 Å². The first-order chi connectivity index (χ1) is 8.97. The van der Waals surface area contributed by atoms with Crippen LogP contribution in [0, 0.1) is 0 Å². The van der Waals surface area contributed by atoms with Crippen molar-refractivity contribution in [3.63, 3.8) is 0 Å². The number of alkyl halides is 3. The number of anilines is 1. The summed E-state index contributed by atoms with van der Waals surface area (Å²) in [5, 5.41) is 2.46. The summed E-state index contributed by atoms with van der Waals surface area (Å²) in [7, 11) is 0. The molecule has 0 saturated heterocycles. The summed E-state index contributed by atoms with van der Waals surface area (Å²) in [5.41, 5.74) is 2.45. The summed E-state index contributed by atoms with van der Waals surface area (Å²) in [6, 6.07) is 8.51. The lowest BCUT2D eigenvalue weighted by molar-refractivity contribution is -0.124. The topological polar surface area (TPSA) is 15.3 Å². The molecule has 0 bridgehead atoms. The van der Waals surface area contributed by atoms with Gasteiger partial charge in [-0.1, -0.05) is 18.2 Å². The van der Waals surface area contributed by atoms with Crippen LogP contribution in [0.4, 0.5) is 18.9 Å². The number of para-hydroxylation sites is 1. The first-order valence-corrected chi connectivity index (χ1v) is 6.59. The zero-order valence-corrected chi connectivity index (χ0v) is 11.0. The Morgan fingerprint density at radius 2 is 2.05 bits per heavy atom. The van der Waals surface area contributed by atoms with Crippen molar-refractivity contribution in [2.45, 2.75) is 32.0 Å². The highest BCUT2D eigenvalue weighted by molar-refractivity contribution is 5.56. The highest BCUT2D eigenvalue weighted by Gasteiger charge is 2.27. The molecule has 2 rings (SSSR count). The van der Waals surface area contributed by atoms with Crippen LogP contribution in [-0.2, 0) is 6.42 Å². The van der Waals surface area contributed by atoms with Crippen LogP contribution < -0.4 is 10.2 Å². The molecule has 1 atom stereocenters. The van der Waals surface area contributed by atoms with E-state index < -0.39 is 12.7 Å². The molecule has 0 amide bonds. The fourth-order valence-corrected chi connectivity index (χ4v) is 2.53. The minimum absolute atomic E-state index is 0.345. The molecular weight excluding hydrogens is 253 g/mol. The Labute approximate surface area is 111 Å². The molecule has 0 aliphatic carbocycles. The Morgan fingerprint density at radius 1 is 1.32 bits per heavy atom. The van der Waals surface area contributed by atoms with Crippen LogP contribution in [-0.4, -0.2) is 31.9 Å². The summed E-state index contributed by atoms with van der Waals surface area (Å²) >= 11 is 0. The molecule has 5 heteroatoms. The van der Waals surface area contributed by atoms with Gasteiger partial charge < -0.3 is 10.2 Å². The van der Waals surface area contributed by atoms with Crippen molar-refractivity contribution in [2.75, 3.05) is 24.5 Å². The smallest absolute Gasteiger partial charge is 0.367 e. The predicted molar refractivity (Wildman–Crippen MR) is 70.5 cm³/mol. The monoisotopic (exact) mass is 272 g/mol. The van der Waals surface area contributed by atoms with E-state index in [9.17, 15) is 13.2 Å². The lowest BCUT2D eigenvalue weighted by Crippen LogP contribution is -2.42. The van der Waals surface area contributed by atoms with Crippen LogP contribution in [0.15, 0.2) is 24.3 Å². The Hall–Kier alpha value is -1.23. The van der Waals surface area contributed by atoms with Gasteiger partial charge >= 0.3 is 6.18 Å². The third-order valence-corrected chi connectivity index (χ3v) is 3.52. The number of fused-ring (bicyclic) bond motifs is 1. The SMILES string of the molecule is CC1CCc2ccccc2N1CCNCC(F)(F)F. The number of hydrogen-bond donors (Lipinski definition) is 1. The summed E-state index contributed by atoms with van der Waals surface area (Å²) < 4.78 is 36.2. The summed E-state index contributed by atoms with van der Waals surface area (Å²) in [5.74, 6) is 0. The molecule has 1 aromatic rings. The highest BCUT2D eigenvalue weighted by Crippen LogP contribution is 2.29. The zero-order chi connectivity index (χ0) is 13.9. The van der Waals surface area contributed by atoms with Crippen LogP contribution in [0.1, 0.15) is 18.9 Å². The highest BCUT2D eigenvalue weighted by atomic mass is 19.4. The van der Waals surface area contributed by atoms with Crippen molar-refractivity contribution in [1.82, 2.24) is 5.32 Å². The molecule has 2 nitrogen and oxygen atoms in total. The Morgan fingerprint density at radius 3 is 2.79 bits per heavy atom. The van der Waals surface area contributed by atoms with Crippen molar-refractivity contribution in [2.24, 2.45) is 0 Å². The van der Waals surface area contributed by atoms with E-state index in [-0.39, 0.29) is 0 Å². The van der Waals surface area contributed by atoms with Crippen LogP contribution in [0.2, 0.25) is 0 Å². The molecule has 0 radical (unpaired) electrons.